The van der Waals surface area contributed by atoms with E-state index in [0.717, 1.165) is 32.4 Å². The molecule has 0 radical (unpaired) electrons. The van der Waals surface area contributed by atoms with Crippen LogP contribution in [0.5, 0.6) is 0 Å². The third-order valence-electron chi connectivity index (χ3n) is 3.32. The van der Waals surface area contributed by atoms with Crippen LogP contribution in [0.15, 0.2) is 4.99 Å². The van der Waals surface area contributed by atoms with Crippen molar-refractivity contribution in [1.29, 1.82) is 0 Å². The second kappa shape index (κ2) is 9.18. The lowest BCUT2D eigenvalue weighted by atomic mass is 9.86. The second-order valence-corrected chi connectivity index (χ2v) is 7.08. The van der Waals surface area contributed by atoms with Crippen molar-refractivity contribution in [1.82, 2.24) is 15.4 Å². The van der Waals surface area contributed by atoms with Gasteiger partial charge in [0.1, 0.15) is 0 Å². The molecule has 0 aromatic heterocycles. The molecular formula is C13H28N4O2S. The standard InChI is InChI=1S/C13H28N4O2S/c1-3-8-15-13(14-4-2)16-9-10-20(18,19)17-11-12-6-5-7-12/h12,17H,3-11H2,1-2H3,(H2,14,15,16). The van der Waals surface area contributed by atoms with Gasteiger partial charge >= 0.3 is 0 Å². The fraction of sp³-hybridized carbons (Fsp3) is 0.923. The van der Waals surface area contributed by atoms with Crippen molar-refractivity contribution < 1.29 is 8.42 Å². The van der Waals surface area contributed by atoms with Gasteiger partial charge in [-0.3, -0.25) is 4.99 Å². The minimum atomic E-state index is -3.18. The molecule has 0 heterocycles. The van der Waals surface area contributed by atoms with Crippen molar-refractivity contribution in [2.24, 2.45) is 10.9 Å². The number of nitrogens with zero attached hydrogens (tertiary/aromatic N) is 1. The Hall–Kier alpha value is -0.820. The fourth-order valence-corrected chi connectivity index (χ4v) is 2.89. The normalized spacial score (nSPS) is 16.8. The van der Waals surface area contributed by atoms with Crippen LogP contribution in [0.2, 0.25) is 0 Å². The number of rotatable bonds is 9. The van der Waals surface area contributed by atoms with Gasteiger partial charge in [0.25, 0.3) is 0 Å². The Morgan fingerprint density at radius 2 is 2.00 bits per heavy atom. The number of hydrogen-bond acceptors (Lipinski definition) is 3. The van der Waals surface area contributed by atoms with Crippen LogP contribution in [0, 0.1) is 5.92 Å². The van der Waals surface area contributed by atoms with E-state index in [1.165, 1.54) is 6.42 Å². The van der Waals surface area contributed by atoms with Gasteiger partial charge < -0.3 is 10.6 Å². The Balaban J connectivity index is 2.25. The van der Waals surface area contributed by atoms with Crippen molar-refractivity contribution in [2.75, 3.05) is 31.9 Å². The van der Waals surface area contributed by atoms with Crippen LogP contribution < -0.4 is 15.4 Å². The van der Waals surface area contributed by atoms with E-state index in [-0.39, 0.29) is 5.75 Å². The Morgan fingerprint density at radius 1 is 1.25 bits per heavy atom. The number of guanidine groups is 1. The summed E-state index contributed by atoms with van der Waals surface area (Å²) in [6, 6.07) is 0. The van der Waals surface area contributed by atoms with Crippen LogP contribution in [0.4, 0.5) is 0 Å². The molecule has 6 nitrogen and oxygen atoms in total. The van der Waals surface area contributed by atoms with Crippen molar-refractivity contribution in [2.45, 2.75) is 39.5 Å². The van der Waals surface area contributed by atoms with E-state index in [2.05, 4.69) is 27.3 Å². The predicted molar refractivity (Wildman–Crippen MR) is 83.4 cm³/mol. The Bertz CT molecular complexity index is 391. The Morgan fingerprint density at radius 3 is 2.55 bits per heavy atom. The molecule has 0 aromatic rings. The SMILES string of the molecule is CCCN=C(NCC)NCCS(=O)(=O)NCC1CCC1. The van der Waals surface area contributed by atoms with Gasteiger partial charge in [-0.1, -0.05) is 13.3 Å². The summed E-state index contributed by atoms with van der Waals surface area (Å²) in [5.74, 6) is 1.31. The first-order chi connectivity index (χ1) is 9.57. The largest absolute Gasteiger partial charge is 0.357 e. The fourth-order valence-electron chi connectivity index (χ4n) is 1.88. The number of nitrogens with one attached hydrogen (secondary N) is 3. The molecule has 20 heavy (non-hydrogen) atoms. The van der Waals surface area contributed by atoms with Gasteiger partial charge in [0.05, 0.1) is 5.75 Å². The smallest absolute Gasteiger partial charge is 0.213 e. The third kappa shape index (κ3) is 7.09. The molecule has 1 saturated carbocycles. The van der Waals surface area contributed by atoms with Gasteiger partial charge in [-0.25, -0.2) is 13.1 Å². The Kier molecular flexibility index (Phi) is 7.91. The molecule has 0 bridgehead atoms. The first kappa shape index (κ1) is 17.2. The summed E-state index contributed by atoms with van der Waals surface area (Å²) in [4.78, 5) is 4.33. The number of sulfonamides is 1. The predicted octanol–water partition coefficient (Wildman–Crippen LogP) is 0.671. The molecule has 0 aromatic carbocycles. The van der Waals surface area contributed by atoms with Gasteiger partial charge in [-0.05, 0) is 32.1 Å². The second-order valence-electron chi connectivity index (χ2n) is 5.15. The lowest BCUT2D eigenvalue weighted by Gasteiger charge is -2.25. The monoisotopic (exact) mass is 304 g/mol. The Labute approximate surface area is 122 Å². The van der Waals surface area contributed by atoms with Crippen LogP contribution in [0.25, 0.3) is 0 Å². The van der Waals surface area contributed by atoms with Crippen LogP contribution in [0.3, 0.4) is 0 Å². The van der Waals surface area contributed by atoms with Crippen LogP contribution in [-0.4, -0.2) is 46.3 Å². The molecule has 0 aliphatic heterocycles. The average Bonchev–Trinajstić information content (AvgIpc) is 2.33. The summed E-state index contributed by atoms with van der Waals surface area (Å²) < 4.78 is 26.3. The highest BCUT2D eigenvalue weighted by Crippen LogP contribution is 2.25. The van der Waals surface area contributed by atoms with Crippen molar-refractivity contribution in [3.05, 3.63) is 0 Å². The molecule has 3 N–H and O–H groups in total. The summed E-state index contributed by atoms with van der Waals surface area (Å²) in [6.45, 7) is 6.51. The van der Waals surface area contributed by atoms with Gasteiger partial charge in [-0.2, -0.15) is 0 Å². The zero-order valence-corrected chi connectivity index (χ0v) is 13.4. The molecule has 0 atom stereocenters. The molecular weight excluding hydrogens is 276 g/mol. The van der Waals surface area contributed by atoms with E-state index in [1.54, 1.807) is 0 Å². The van der Waals surface area contributed by atoms with E-state index in [1.807, 2.05) is 6.92 Å². The number of aliphatic imine (C=N–C) groups is 1. The molecule has 1 fully saturated rings. The molecule has 1 aliphatic carbocycles. The van der Waals surface area contributed by atoms with Crippen molar-refractivity contribution in [3.63, 3.8) is 0 Å². The third-order valence-corrected chi connectivity index (χ3v) is 4.67. The minimum absolute atomic E-state index is 0.0796. The quantitative estimate of drug-likeness (QED) is 0.432. The molecule has 0 spiro atoms. The molecule has 0 amide bonds. The van der Waals surface area contributed by atoms with E-state index in [9.17, 15) is 8.42 Å². The summed E-state index contributed by atoms with van der Waals surface area (Å²) in [7, 11) is -3.18. The average molecular weight is 304 g/mol. The number of hydrogen-bond donors (Lipinski definition) is 3. The minimum Gasteiger partial charge on any atom is -0.357 e. The van der Waals surface area contributed by atoms with Crippen LogP contribution in [0.1, 0.15) is 39.5 Å². The summed E-state index contributed by atoms with van der Waals surface area (Å²) in [5, 5.41) is 6.14. The maximum Gasteiger partial charge on any atom is 0.213 e. The first-order valence-corrected chi connectivity index (χ1v) is 9.22. The van der Waals surface area contributed by atoms with Crippen molar-refractivity contribution in [3.8, 4) is 0 Å². The van der Waals surface area contributed by atoms with Gasteiger partial charge in [0, 0.05) is 26.2 Å². The highest BCUT2D eigenvalue weighted by molar-refractivity contribution is 7.89. The summed E-state index contributed by atoms with van der Waals surface area (Å²) in [6.07, 6.45) is 4.50. The molecule has 1 aliphatic rings. The lowest BCUT2D eigenvalue weighted by molar-refractivity contribution is 0.316. The molecule has 1 rings (SSSR count). The maximum atomic E-state index is 11.8. The molecule has 7 heteroatoms. The van der Waals surface area contributed by atoms with E-state index in [0.29, 0.717) is 25.0 Å². The van der Waals surface area contributed by atoms with Crippen LogP contribution >= 0.6 is 0 Å². The molecule has 0 saturated heterocycles. The highest BCUT2D eigenvalue weighted by atomic mass is 32.2. The van der Waals surface area contributed by atoms with Gasteiger partial charge in [-0.15, -0.1) is 0 Å². The maximum absolute atomic E-state index is 11.8. The van der Waals surface area contributed by atoms with E-state index in [4.69, 9.17) is 0 Å². The lowest BCUT2D eigenvalue weighted by Crippen LogP contribution is -2.42. The van der Waals surface area contributed by atoms with E-state index < -0.39 is 10.0 Å². The topological polar surface area (TPSA) is 82.6 Å². The van der Waals surface area contributed by atoms with Gasteiger partial charge in [0.2, 0.25) is 10.0 Å². The zero-order chi connectivity index (χ0) is 14.8. The summed E-state index contributed by atoms with van der Waals surface area (Å²) in [5.41, 5.74) is 0. The van der Waals surface area contributed by atoms with Crippen molar-refractivity contribution >= 4 is 16.0 Å². The van der Waals surface area contributed by atoms with Crippen LogP contribution in [-0.2, 0) is 10.0 Å². The highest BCUT2D eigenvalue weighted by Gasteiger charge is 2.19. The molecule has 0 unspecified atom stereocenters. The summed E-state index contributed by atoms with van der Waals surface area (Å²) >= 11 is 0. The molecule has 118 valence electrons. The van der Waals surface area contributed by atoms with Gasteiger partial charge in [0.15, 0.2) is 5.96 Å². The first-order valence-electron chi connectivity index (χ1n) is 7.57. The van der Waals surface area contributed by atoms with E-state index >= 15 is 0 Å². The zero-order valence-electron chi connectivity index (χ0n) is 12.6.